The number of anilines is 3. The van der Waals surface area contributed by atoms with E-state index in [0.29, 0.717) is 6.07 Å². The molecule has 0 aliphatic carbocycles. The van der Waals surface area contributed by atoms with Crippen molar-refractivity contribution < 1.29 is 26.7 Å². The third-order valence-corrected chi connectivity index (χ3v) is 3.70. The van der Waals surface area contributed by atoms with E-state index in [1.165, 1.54) is 36.5 Å². The number of carbonyl (C=O) groups excluding carboxylic acids is 1. The van der Waals surface area contributed by atoms with Crippen LogP contribution >= 0.6 is 0 Å². The molecule has 4 nitrogen and oxygen atoms in total. The number of hydrogen-bond donors (Lipinski definition) is 2. The van der Waals surface area contributed by atoms with E-state index >= 15 is 0 Å². The number of carbonyl (C=O) groups is 1. The van der Waals surface area contributed by atoms with Gasteiger partial charge in [-0.25, -0.2) is 13.8 Å². The van der Waals surface area contributed by atoms with Crippen molar-refractivity contribution in [3.8, 4) is 0 Å². The van der Waals surface area contributed by atoms with Crippen LogP contribution in [0.4, 0.5) is 39.1 Å². The first-order valence-electron chi connectivity index (χ1n) is 7.90. The Morgan fingerprint density at radius 2 is 1.68 bits per heavy atom. The molecule has 0 aliphatic rings. The number of nitrogens with one attached hydrogen (secondary N) is 2. The molecule has 0 fully saturated rings. The van der Waals surface area contributed by atoms with Crippen molar-refractivity contribution in [1.82, 2.24) is 4.98 Å². The minimum Gasteiger partial charge on any atom is -0.340 e. The second kappa shape index (κ2) is 7.63. The van der Waals surface area contributed by atoms with Gasteiger partial charge < -0.3 is 10.6 Å². The highest BCUT2D eigenvalue weighted by molar-refractivity contribution is 6.04. The zero-order chi connectivity index (χ0) is 20.3. The quantitative estimate of drug-likeness (QED) is 0.586. The molecule has 0 atom stereocenters. The summed E-state index contributed by atoms with van der Waals surface area (Å²) < 4.78 is 65.8. The number of alkyl halides is 3. The van der Waals surface area contributed by atoms with E-state index in [2.05, 4.69) is 15.6 Å². The van der Waals surface area contributed by atoms with Gasteiger partial charge >= 0.3 is 6.18 Å². The fraction of sp³-hybridized carbons (Fsp3) is 0.0526. The van der Waals surface area contributed by atoms with E-state index in [-0.39, 0.29) is 22.8 Å². The summed E-state index contributed by atoms with van der Waals surface area (Å²) in [6.45, 7) is 0. The number of benzene rings is 2. The van der Waals surface area contributed by atoms with E-state index in [9.17, 15) is 26.7 Å². The van der Waals surface area contributed by atoms with E-state index in [4.69, 9.17) is 0 Å². The summed E-state index contributed by atoms with van der Waals surface area (Å²) in [6, 6.07) is 9.98. The zero-order valence-electron chi connectivity index (χ0n) is 14.0. The first-order chi connectivity index (χ1) is 13.2. The fourth-order valence-electron chi connectivity index (χ4n) is 2.40. The molecule has 28 heavy (non-hydrogen) atoms. The van der Waals surface area contributed by atoms with Gasteiger partial charge in [-0.05, 0) is 36.4 Å². The lowest BCUT2D eigenvalue weighted by molar-refractivity contribution is -0.136. The highest BCUT2D eigenvalue weighted by Gasteiger charge is 2.33. The second-order valence-corrected chi connectivity index (χ2v) is 5.68. The normalized spacial score (nSPS) is 11.2. The van der Waals surface area contributed by atoms with Crippen molar-refractivity contribution in [2.24, 2.45) is 0 Å². The van der Waals surface area contributed by atoms with Gasteiger partial charge in [-0.3, -0.25) is 4.79 Å². The Morgan fingerprint density at radius 3 is 2.39 bits per heavy atom. The molecule has 1 heterocycles. The van der Waals surface area contributed by atoms with Crippen LogP contribution in [0.15, 0.2) is 60.8 Å². The molecule has 0 saturated heterocycles. The van der Waals surface area contributed by atoms with Crippen LogP contribution in [0.3, 0.4) is 0 Å². The maximum atomic E-state index is 13.7. The lowest BCUT2D eigenvalue weighted by Gasteiger charge is -2.14. The largest absolute Gasteiger partial charge is 0.418 e. The van der Waals surface area contributed by atoms with Gasteiger partial charge in [-0.15, -0.1) is 0 Å². The predicted molar refractivity (Wildman–Crippen MR) is 93.3 cm³/mol. The molecule has 0 saturated carbocycles. The molecule has 2 aromatic carbocycles. The van der Waals surface area contributed by atoms with Gasteiger partial charge in [0.15, 0.2) is 0 Å². The Hall–Kier alpha value is -3.49. The summed E-state index contributed by atoms with van der Waals surface area (Å²) in [5.41, 5.74) is -1.34. The Balaban J connectivity index is 1.82. The minimum absolute atomic E-state index is 0.0103. The predicted octanol–water partition coefficient (Wildman–Crippen LogP) is 5.37. The van der Waals surface area contributed by atoms with Crippen LogP contribution in [-0.4, -0.2) is 10.9 Å². The number of amides is 1. The van der Waals surface area contributed by atoms with Crippen LogP contribution in [0.25, 0.3) is 0 Å². The van der Waals surface area contributed by atoms with Gasteiger partial charge in [0.1, 0.15) is 17.5 Å². The zero-order valence-corrected chi connectivity index (χ0v) is 14.0. The van der Waals surface area contributed by atoms with Crippen molar-refractivity contribution in [3.05, 3.63) is 83.6 Å². The average Bonchev–Trinajstić information content (AvgIpc) is 2.64. The molecule has 144 valence electrons. The Kier molecular flexibility index (Phi) is 5.25. The highest BCUT2D eigenvalue weighted by atomic mass is 19.4. The van der Waals surface area contributed by atoms with Crippen LogP contribution in [-0.2, 0) is 6.18 Å². The number of pyridine rings is 1. The maximum Gasteiger partial charge on any atom is 0.418 e. The molecular formula is C19H12F5N3O. The van der Waals surface area contributed by atoms with E-state index < -0.39 is 29.3 Å². The van der Waals surface area contributed by atoms with Crippen molar-refractivity contribution >= 4 is 23.1 Å². The number of rotatable bonds is 4. The third-order valence-electron chi connectivity index (χ3n) is 3.70. The van der Waals surface area contributed by atoms with Gasteiger partial charge in [-0.1, -0.05) is 12.1 Å². The van der Waals surface area contributed by atoms with Crippen LogP contribution in [0.2, 0.25) is 0 Å². The van der Waals surface area contributed by atoms with Gasteiger partial charge in [0.2, 0.25) is 0 Å². The van der Waals surface area contributed by atoms with Crippen LogP contribution < -0.4 is 10.6 Å². The van der Waals surface area contributed by atoms with Crippen molar-refractivity contribution in [1.29, 1.82) is 0 Å². The Bertz CT molecular complexity index is 1020. The highest BCUT2D eigenvalue weighted by Crippen LogP contribution is 2.35. The minimum atomic E-state index is -4.57. The monoisotopic (exact) mass is 393 g/mol. The lowest BCUT2D eigenvalue weighted by Crippen LogP contribution is -2.14. The summed E-state index contributed by atoms with van der Waals surface area (Å²) in [7, 11) is 0. The molecular weight excluding hydrogens is 381 g/mol. The van der Waals surface area contributed by atoms with Gasteiger partial charge in [0.25, 0.3) is 5.91 Å². The second-order valence-electron chi connectivity index (χ2n) is 5.68. The average molecular weight is 393 g/mol. The van der Waals surface area contributed by atoms with Gasteiger partial charge in [0.05, 0.1) is 16.9 Å². The molecule has 3 aromatic rings. The van der Waals surface area contributed by atoms with Crippen molar-refractivity contribution in [3.63, 3.8) is 0 Å². The molecule has 0 spiro atoms. The van der Waals surface area contributed by atoms with Crippen LogP contribution in [0, 0.1) is 11.6 Å². The van der Waals surface area contributed by atoms with Crippen molar-refractivity contribution in [2.75, 3.05) is 10.6 Å². The number of aromatic nitrogens is 1. The maximum absolute atomic E-state index is 13.7. The SMILES string of the molecule is O=C(Nc1ccc(F)cc1F)c1ccnc(Nc2ccccc2C(F)(F)F)c1. The molecule has 1 amide bonds. The fourth-order valence-corrected chi connectivity index (χ4v) is 2.40. The van der Waals surface area contributed by atoms with Gasteiger partial charge in [0, 0.05) is 17.8 Å². The molecule has 0 radical (unpaired) electrons. The van der Waals surface area contributed by atoms with E-state index in [1.54, 1.807) is 0 Å². The molecule has 1 aromatic heterocycles. The summed E-state index contributed by atoms with van der Waals surface area (Å²) in [5.74, 6) is -2.50. The smallest absolute Gasteiger partial charge is 0.340 e. The Labute approximate surface area is 156 Å². The summed E-state index contributed by atoms with van der Waals surface area (Å²) in [5, 5.41) is 4.79. The van der Waals surface area contributed by atoms with Crippen LogP contribution in [0.1, 0.15) is 15.9 Å². The molecule has 0 unspecified atom stereocenters. The summed E-state index contributed by atoms with van der Waals surface area (Å²) >= 11 is 0. The molecule has 2 N–H and O–H groups in total. The molecule has 3 rings (SSSR count). The molecule has 0 bridgehead atoms. The van der Waals surface area contributed by atoms with E-state index in [0.717, 1.165) is 18.2 Å². The first-order valence-corrected chi connectivity index (χ1v) is 7.90. The molecule has 0 aliphatic heterocycles. The number of nitrogens with zero attached hydrogens (tertiary/aromatic N) is 1. The summed E-state index contributed by atoms with van der Waals surface area (Å²) in [4.78, 5) is 16.2. The van der Waals surface area contributed by atoms with E-state index in [1.807, 2.05) is 0 Å². The number of halogens is 5. The summed E-state index contributed by atoms with van der Waals surface area (Å²) in [6.07, 6.45) is -3.35. The van der Waals surface area contributed by atoms with Gasteiger partial charge in [-0.2, -0.15) is 13.2 Å². The Morgan fingerprint density at radius 1 is 0.929 bits per heavy atom. The standard InChI is InChI=1S/C19H12F5N3O/c20-12-5-6-16(14(21)10-12)27-18(28)11-7-8-25-17(9-11)26-15-4-2-1-3-13(15)19(22,23)24/h1-10H,(H,25,26)(H,27,28). The lowest BCUT2D eigenvalue weighted by atomic mass is 10.1. The van der Waals surface area contributed by atoms with Crippen LogP contribution in [0.5, 0.6) is 0 Å². The van der Waals surface area contributed by atoms with Crippen molar-refractivity contribution in [2.45, 2.75) is 6.18 Å². The number of para-hydroxylation sites is 1. The topological polar surface area (TPSA) is 54.0 Å². The number of hydrogen-bond acceptors (Lipinski definition) is 3. The molecule has 9 heteroatoms. The first kappa shape index (κ1) is 19.3. The third kappa shape index (κ3) is 4.43.